The molecule has 0 aliphatic heterocycles. The van der Waals surface area contributed by atoms with Gasteiger partial charge in [0, 0.05) is 17.8 Å². The highest BCUT2D eigenvalue weighted by molar-refractivity contribution is 6.02. The standard InChI is InChI=1S/C24H22N4O4/c1-16-7-9-18(10-8-16)21-14-25-22(32-21)15-27-24(30)26-13-17-4-2-5-19(12-17)28-23(29)20-6-3-11-31-20/h2-12,14H,13,15H2,1H3,(H,28,29)(H2,26,27,30). The average molecular weight is 430 g/mol. The van der Waals surface area contributed by atoms with Crippen molar-refractivity contribution in [3.05, 3.63) is 95.9 Å². The van der Waals surface area contributed by atoms with Crippen LogP contribution in [0.5, 0.6) is 0 Å². The summed E-state index contributed by atoms with van der Waals surface area (Å²) in [5, 5.41) is 8.25. The molecule has 2 heterocycles. The van der Waals surface area contributed by atoms with Crippen LogP contribution in [0.4, 0.5) is 10.5 Å². The highest BCUT2D eigenvalue weighted by Gasteiger charge is 2.10. The van der Waals surface area contributed by atoms with Gasteiger partial charge in [0.15, 0.2) is 11.5 Å². The Labute approximate surface area is 184 Å². The number of aromatic nitrogens is 1. The van der Waals surface area contributed by atoms with Crippen LogP contribution in [0.2, 0.25) is 0 Å². The summed E-state index contributed by atoms with van der Waals surface area (Å²) in [5.74, 6) is 0.952. The van der Waals surface area contributed by atoms with Crippen molar-refractivity contribution in [2.75, 3.05) is 5.32 Å². The Morgan fingerprint density at radius 3 is 2.56 bits per heavy atom. The molecule has 0 spiro atoms. The van der Waals surface area contributed by atoms with Gasteiger partial charge in [-0.25, -0.2) is 9.78 Å². The Bertz CT molecular complexity index is 1200. The Morgan fingerprint density at radius 2 is 1.78 bits per heavy atom. The van der Waals surface area contributed by atoms with E-state index in [-0.39, 0.29) is 30.8 Å². The lowest BCUT2D eigenvalue weighted by atomic mass is 10.1. The van der Waals surface area contributed by atoms with Gasteiger partial charge in [0.1, 0.15) is 0 Å². The van der Waals surface area contributed by atoms with Gasteiger partial charge in [-0.2, -0.15) is 0 Å². The highest BCUT2D eigenvalue weighted by atomic mass is 16.4. The summed E-state index contributed by atoms with van der Waals surface area (Å²) < 4.78 is 10.8. The zero-order valence-corrected chi connectivity index (χ0v) is 17.4. The molecule has 0 aliphatic rings. The van der Waals surface area contributed by atoms with Crippen molar-refractivity contribution in [1.29, 1.82) is 0 Å². The SMILES string of the molecule is Cc1ccc(-c2cnc(CNC(=O)NCc3cccc(NC(=O)c4ccco4)c3)o2)cc1. The number of anilines is 1. The van der Waals surface area contributed by atoms with Crippen LogP contribution in [0.3, 0.4) is 0 Å². The molecule has 32 heavy (non-hydrogen) atoms. The maximum absolute atomic E-state index is 12.1. The van der Waals surface area contributed by atoms with Crippen molar-refractivity contribution in [2.45, 2.75) is 20.0 Å². The number of nitrogens with one attached hydrogen (secondary N) is 3. The number of urea groups is 1. The summed E-state index contributed by atoms with van der Waals surface area (Å²) in [6.07, 6.45) is 3.08. The molecule has 3 amide bonds. The molecule has 2 aromatic carbocycles. The Kier molecular flexibility index (Phi) is 6.31. The lowest BCUT2D eigenvalue weighted by Crippen LogP contribution is -2.34. The molecular weight excluding hydrogens is 408 g/mol. The lowest BCUT2D eigenvalue weighted by molar-refractivity contribution is 0.0996. The van der Waals surface area contributed by atoms with E-state index >= 15 is 0 Å². The van der Waals surface area contributed by atoms with Gasteiger partial charge in [-0.05, 0) is 36.8 Å². The second-order valence-corrected chi connectivity index (χ2v) is 7.15. The van der Waals surface area contributed by atoms with Crippen molar-refractivity contribution in [1.82, 2.24) is 15.6 Å². The molecule has 4 aromatic rings. The molecule has 8 heteroatoms. The minimum Gasteiger partial charge on any atom is -0.459 e. The summed E-state index contributed by atoms with van der Waals surface area (Å²) in [4.78, 5) is 28.4. The predicted molar refractivity (Wildman–Crippen MR) is 119 cm³/mol. The zero-order chi connectivity index (χ0) is 22.3. The predicted octanol–water partition coefficient (Wildman–Crippen LogP) is 4.49. The third-order valence-corrected chi connectivity index (χ3v) is 4.67. The number of rotatable bonds is 7. The maximum atomic E-state index is 12.1. The molecule has 0 saturated heterocycles. The lowest BCUT2D eigenvalue weighted by Gasteiger charge is -2.08. The Hall–Kier alpha value is -4.33. The molecule has 0 aliphatic carbocycles. The van der Waals surface area contributed by atoms with Gasteiger partial charge >= 0.3 is 6.03 Å². The highest BCUT2D eigenvalue weighted by Crippen LogP contribution is 2.20. The summed E-state index contributed by atoms with van der Waals surface area (Å²) in [6, 6.07) is 18.0. The quantitative estimate of drug-likeness (QED) is 0.400. The minimum absolute atomic E-state index is 0.164. The summed E-state index contributed by atoms with van der Waals surface area (Å²) >= 11 is 0. The van der Waals surface area contributed by atoms with E-state index < -0.39 is 0 Å². The average Bonchev–Trinajstić information content (AvgIpc) is 3.50. The van der Waals surface area contributed by atoms with Crippen LogP contribution in [0.15, 0.2) is 82.0 Å². The van der Waals surface area contributed by atoms with Crippen LogP contribution >= 0.6 is 0 Å². The van der Waals surface area contributed by atoms with Crippen LogP contribution < -0.4 is 16.0 Å². The number of nitrogens with zero attached hydrogens (tertiary/aromatic N) is 1. The summed E-state index contributed by atoms with van der Waals surface area (Å²) in [7, 11) is 0. The zero-order valence-electron chi connectivity index (χ0n) is 17.4. The number of carbonyl (C=O) groups is 2. The fraction of sp³-hybridized carbons (Fsp3) is 0.125. The third kappa shape index (κ3) is 5.42. The molecule has 0 fully saturated rings. The molecule has 0 radical (unpaired) electrons. The van der Waals surface area contributed by atoms with Gasteiger partial charge < -0.3 is 24.8 Å². The van der Waals surface area contributed by atoms with Crippen molar-refractivity contribution in [3.63, 3.8) is 0 Å². The van der Waals surface area contributed by atoms with E-state index in [4.69, 9.17) is 8.83 Å². The first-order valence-corrected chi connectivity index (χ1v) is 10.0. The first-order valence-electron chi connectivity index (χ1n) is 10.0. The van der Waals surface area contributed by atoms with Gasteiger partial charge in [0.05, 0.1) is 19.0 Å². The van der Waals surface area contributed by atoms with E-state index in [1.807, 2.05) is 37.3 Å². The fourth-order valence-corrected chi connectivity index (χ4v) is 3.00. The van der Waals surface area contributed by atoms with E-state index in [1.54, 1.807) is 36.5 Å². The molecule has 0 atom stereocenters. The number of benzene rings is 2. The molecule has 8 nitrogen and oxygen atoms in total. The van der Waals surface area contributed by atoms with Crippen LogP contribution in [0, 0.1) is 6.92 Å². The number of hydrogen-bond donors (Lipinski definition) is 3. The second-order valence-electron chi connectivity index (χ2n) is 7.15. The van der Waals surface area contributed by atoms with Crippen molar-refractivity contribution in [3.8, 4) is 11.3 Å². The van der Waals surface area contributed by atoms with E-state index in [2.05, 4.69) is 20.9 Å². The van der Waals surface area contributed by atoms with E-state index in [0.29, 0.717) is 17.3 Å². The summed E-state index contributed by atoms with van der Waals surface area (Å²) in [6.45, 7) is 2.47. The number of oxazole rings is 1. The van der Waals surface area contributed by atoms with E-state index in [9.17, 15) is 9.59 Å². The number of carbonyl (C=O) groups excluding carboxylic acids is 2. The third-order valence-electron chi connectivity index (χ3n) is 4.67. The molecule has 2 aromatic heterocycles. The van der Waals surface area contributed by atoms with Crippen LogP contribution in [-0.2, 0) is 13.1 Å². The van der Waals surface area contributed by atoms with E-state index in [1.165, 1.54) is 6.26 Å². The smallest absolute Gasteiger partial charge is 0.315 e. The minimum atomic E-state index is -0.356. The molecule has 4 rings (SSSR count). The van der Waals surface area contributed by atoms with Crippen molar-refractivity contribution < 1.29 is 18.4 Å². The Balaban J connectivity index is 1.25. The fourth-order valence-electron chi connectivity index (χ4n) is 3.00. The van der Waals surface area contributed by atoms with Gasteiger partial charge in [-0.15, -0.1) is 0 Å². The number of aryl methyl sites for hydroxylation is 1. The van der Waals surface area contributed by atoms with Crippen LogP contribution in [0.1, 0.15) is 27.6 Å². The van der Waals surface area contributed by atoms with E-state index in [0.717, 1.165) is 16.7 Å². The molecule has 0 unspecified atom stereocenters. The van der Waals surface area contributed by atoms with Gasteiger partial charge in [0.25, 0.3) is 5.91 Å². The normalized spacial score (nSPS) is 10.5. The maximum Gasteiger partial charge on any atom is 0.315 e. The van der Waals surface area contributed by atoms with Crippen LogP contribution in [-0.4, -0.2) is 16.9 Å². The van der Waals surface area contributed by atoms with Crippen molar-refractivity contribution in [2.24, 2.45) is 0 Å². The number of hydrogen-bond acceptors (Lipinski definition) is 5. The monoisotopic (exact) mass is 430 g/mol. The first-order chi connectivity index (χ1) is 15.6. The van der Waals surface area contributed by atoms with Crippen LogP contribution in [0.25, 0.3) is 11.3 Å². The molecule has 0 saturated carbocycles. The van der Waals surface area contributed by atoms with Gasteiger partial charge in [-0.1, -0.05) is 42.0 Å². The Morgan fingerprint density at radius 1 is 0.969 bits per heavy atom. The molecule has 0 bridgehead atoms. The number of furan rings is 1. The van der Waals surface area contributed by atoms with Gasteiger partial charge in [0.2, 0.25) is 5.89 Å². The summed E-state index contributed by atoms with van der Waals surface area (Å²) in [5.41, 5.74) is 3.53. The second kappa shape index (κ2) is 9.65. The number of amides is 3. The molecular formula is C24H22N4O4. The molecule has 3 N–H and O–H groups in total. The molecule has 162 valence electrons. The van der Waals surface area contributed by atoms with Crippen molar-refractivity contribution >= 4 is 17.6 Å². The topological polar surface area (TPSA) is 109 Å². The van der Waals surface area contributed by atoms with Gasteiger partial charge in [-0.3, -0.25) is 4.79 Å². The largest absolute Gasteiger partial charge is 0.459 e. The first kappa shape index (κ1) is 20.9.